The molecule has 0 unspecified atom stereocenters. The minimum absolute atomic E-state index is 0.0869. The molecule has 4 heteroatoms. The van der Waals surface area contributed by atoms with Crippen LogP contribution in [0.3, 0.4) is 0 Å². The summed E-state index contributed by atoms with van der Waals surface area (Å²) in [5.41, 5.74) is 3.63. The number of carbonyl (C=O) groups is 1. The maximum atomic E-state index is 13.1. The number of aromatic nitrogens is 1. The third-order valence-electron chi connectivity index (χ3n) is 5.25. The molecule has 138 valence electrons. The SMILES string of the molecule is CCc1ccc(NC(=O)c2cc(N3CCCCC3)nc3ccccc23)cc1. The molecule has 1 aliphatic heterocycles. The van der Waals surface area contributed by atoms with Crippen LogP contribution in [0.4, 0.5) is 11.5 Å². The Hall–Kier alpha value is -2.88. The lowest BCUT2D eigenvalue weighted by molar-refractivity contribution is 0.102. The van der Waals surface area contributed by atoms with Gasteiger partial charge in [0, 0.05) is 24.2 Å². The van der Waals surface area contributed by atoms with Crippen molar-refractivity contribution < 1.29 is 4.79 Å². The molecule has 0 radical (unpaired) electrons. The monoisotopic (exact) mass is 359 g/mol. The van der Waals surface area contributed by atoms with Crippen molar-refractivity contribution in [2.45, 2.75) is 32.6 Å². The molecule has 1 aliphatic rings. The zero-order valence-corrected chi connectivity index (χ0v) is 15.7. The molecule has 0 bridgehead atoms. The van der Waals surface area contributed by atoms with Crippen LogP contribution in [0.5, 0.6) is 0 Å². The van der Waals surface area contributed by atoms with Gasteiger partial charge >= 0.3 is 0 Å². The molecule has 3 aromatic rings. The molecule has 0 aliphatic carbocycles. The number of nitrogens with one attached hydrogen (secondary N) is 1. The fraction of sp³-hybridized carbons (Fsp3) is 0.304. The molecule has 2 heterocycles. The highest BCUT2D eigenvalue weighted by atomic mass is 16.1. The average Bonchev–Trinajstić information content (AvgIpc) is 2.74. The summed E-state index contributed by atoms with van der Waals surface area (Å²) < 4.78 is 0. The molecule has 1 fully saturated rings. The van der Waals surface area contributed by atoms with E-state index in [0.717, 1.165) is 41.9 Å². The Kier molecular flexibility index (Phi) is 5.05. The van der Waals surface area contributed by atoms with Crippen LogP contribution in [0, 0.1) is 0 Å². The van der Waals surface area contributed by atoms with Gasteiger partial charge in [-0.2, -0.15) is 0 Å². The zero-order chi connectivity index (χ0) is 18.6. The number of benzene rings is 2. The number of pyridine rings is 1. The van der Waals surface area contributed by atoms with E-state index in [0.29, 0.717) is 5.56 Å². The fourth-order valence-electron chi connectivity index (χ4n) is 3.66. The number of nitrogens with zero attached hydrogens (tertiary/aromatic N) is 2. The van der Waals surface area contributed by atoms with E-state index in [-0.39, 0.29) is 5.91 Å². The first-order valence-electron chi connectivity index (χ1n) is 9.79. The second-order valence-corrected chi connectivity index (χ2v) is 7.10. The number of hydrogen-bond donors (Lipinski definition) is 1. The van der Waals surface area contributed by atoms with Gasteiger partial charge in [-0.05, 0) is 55.5 Å². The van der Waals surface area contributed by atoms with E-state index in [1.807, 2.05) is 42.5 Å². The maximum absolute atomic E-state index is 13.1. The summed E-state index contributed by atoms with van der Waals surface area (Å²) in [7, 11) is 0. The summed E-state index contributed by atoms with van der Waals surface area (Å²) in [6, 6.07) is 17.9. The summed E-state index contributed by atoms with van der Waals surface area (Å²) >= 11 is 0. The van der Waals surface area contributed by atoms with Crippen molar-refractivity contribution in [3.05, 3.63) is 65.7 Å². The van der Waals surface area contributed by atoms with Crippen molar-refractivity contribution in [1.82, 2.24) is 4.98 Å². The lowest BCUT2D eigenvalue weighted by Crippen LogP contribution is -2.30. The molecular formula is C23H25N3O. The molecule has 1 N–H and O–H groups in total. The molecule has 27 heavy (non-hydrogen) atoms. The molecule has 1 amide bonds. The van der Waals surface area contributed by atoms with E-state index in [4.69, 9.17) is 4.98 Å². The Morgan fingerprint density at radius 2 is 1.78 bits per heavy atom. The zero-order valence-electron chi connectivity index (χ0n) is 15.7. The van der Waals surface area contributed by atoms with Crippen molar-refractivity contribution in [1.29, 1.82) is 0 Å². The Morgan fingerprint density at radius 3 is 2.52 bits per heavy atom. The normalized spacial score (nSPS) is 14.3. The standard InChI is InChI=1S/C23H25N3O/c1-2-17-10-12-18(13-11-17)24-23(27)20-16-22(26-14-6-3-7-15-26)25-21-9-5-4-8-19(20)21/h4-5,8-13,16H,2-3,6-7,14-15H2,1H3,(H,24,27). The van der Waals surface area contributed by atoms with E-state index in [1.165, 1.54) is 24.8 Å². The second kappa shape index (κ2) is 7.78. The number of para-hydroxylation sites is 1. The highest BCUT2D eigenvalue weighted by Crippen LogP contribution is 2.26. The van der Waals surface area contributed by atoms with Crippen molar-refractivity contribution >= 4 is 28.3 Å². The minimum atomic E-state index is -0.0869. The molecule has 1 saturated heterocycles. The van der Waals surface area contributed by atoms with Gasteiger partial charge in [0.15, 0.2) is 0 Å². The number of aryl methyl sites for hydroxylation is 1. The van der Waals surface area contributed by atoms with Gasteiger partial charge in [-0.25, -0.2) is 4.98 Å². The summed E-state index contributed by atoms with van der Waals surface area (Å²) in [6.07, 6.45) is 4.62. The number of piperidine rings is 1. The highest BCUT2D eigenvalue weighted by Gasteiger charge is 2.18. The fourth-order valence-corrected chi connectivity index (χ4v) is 3.66. The van der Waals surface area contributed by atoms with Crippen LogP contribution in [0.1, 0.15) is 42.1 Å². The number of rotatable bonds is 4. The third kappa shape index (κ3) is 3.80. The van der Waals surface area contributed by atoms with Gasteiger partial charge in [0.2, 0.25) is 0 Å². The Bertz CT molecular complexity index is 943. The van der Waals surface area contributed by atoms with Gasteiger partial charge in [-0.1, -0.05) is 37.3 Å². The molecular weight excluding hydrogens is 334 g/mol. The van der Waals surface area contributed by atoms with Gasteiger partial charge < -0.3 is 10.2 Å². The number of amides is 1. The molecule has 1 aromatic heterocycles. The summed E-state index contributed by atoms with van der Waals surface area (Å²) in [4.78, 5) is 20.2. The highest BCUT2D eigenvalue weighted by molar-refractivity contribution is 6.13. The van der Waals surface area contributed by atoms with Gasteiger partial charge in [0.1, 0.15) is 5.82 Å². The van der Waals surface area contributed by atoms with Crippen molar-refractivity contribution in [3.8, 4) is 0 Å². The molecule has 2 aromatic carbocycles. The van der Waals surface area contributed by atoms with Crippen molar-refractivity contribution in [2.75, 3.05) is 23.3 Å². The van der Waals surface area contributed by atoms with Crippen LogP contribution in [-0.4, -0.2) is 24.0 Å². The Morgan fingerprint density at radius 1 is 1.04 bits per heavy atom. The quantitative estimate of drug-likeness (QED) is 0.710. The first-order valence-corrected chi connectivity index (χ1v) is 9.79. The molecule has 0 spiro atoms. The Balaban J connectivity index is 1.68. The van der Waals surface area contributed by atoms with Crippen LogP contribution in [-0.2, 0) is 6.42 Å². The topological polar surface area (TPSA) is 45.2 Å². The summed E-state index contributed by atoms with van der Waals surface area (Å²) in [5.74, 6) is 0.816. The third-order valence-corrected chi connectivity index (χ3v) is 5.25. The van der Waals surface area contributed by atoms with Crippen LogP contribution < -0.4 is 10.2 Å². The number of hydrogen-bond acceptors (Lipinski definition) is 3. The van der Waals surface area contributed by atoms with Gasteiger partial charge in [-0.3, -0.25) is 4.79 Å². The number of carbonyl (C=O) groups excluding carboxylic acids is 1. The van der Waals surface area contributed by atoms with Crippen LogP contribution >= 0.6 is 0 Å². The van der Waals surface area contributed by atoms with E-state index in [1.54, 1.807) is 0 Å². The van der Waals surface area contributed by atoms with Gasteiger partial charge in [0.05, 0.1) is 11.1 Å². The molecule has 4 rings (SSSR count). The summed E-state index contributed by atoms with van der Waals surface area (Å²) in [6.45, 7) is 4.13. The molecule has 0 atom stereocenters. The van der Waals surface area contributed by atoms with E-state index >= 15 is 0 Å². The van der Waals surface area contributed by atoms with Crippen LogP contribution in [0.15, 0.2) is 54.6 Å². The average molecular weight is 359 g/mol. The largest absolute Gasteiger partial charge is 0.357 e. The minimum Gasteiger partial charge on any atom is -0.357 e. The van der Waals surface area contributed by atoms with Gasteiger partial charge in [0.25, 0.3) is 5.91 Å². The lowest BCUT2D eigenvalue weighted by atomic mass is 10.1. The molecule has 0 saturated carbocycles. The molecule has 4 nitrogen and oxygen atoms in total. The van der Waals surface area contributed by atoms with Crippen molar-refractivity contribution in [3.63, 3.8) is 0 Å². The predicted molar refractivity (Wildman–Crippen MR) is 112 cm³/mol. The first kappa shape index (κ1) is 17.5. The Labute approximate surface area is 160 Å². The summed E-state index contributed by atoms with van der Waals surface area (Å²) in [5, 5.41) is 3.94. The smallest absolute Gasteiger partial charge is 0.256 e. The van der Waals surface area contributed by atoms with Crippen LogP contribution in [0.25, 0.3) is 10.9 Å². The second-order valence-electron chi connectivity index (χ2n) is 7.10. The number of anilines is 2. The predicted octanol–water partition coefficient (Wildman–Crippen LogP) is 5.04. The van der Waals surface area contributed by atoms with E-state index in [2.05, 4.69) is 29.3 Å². The maximum Gasteiger partial charge on any atom is 0.256 e. The van der Waals surface area contributed by atoms with E-state index < -0.39 is 0 Å². The van der Waals surface area contributed by atoms with Gasteiger partial charge in [-0.15, -0.1) is 0 Å². The van der Waals surface area contributed by atoms with Crippen LogP contribution in [0.2, 0.25) is 0 Å². The first-order chi connectivity index (χ1) is 13.2. The van der Waals surface area contributed by atoms with E-state index in [9.17, 15) is 4.79 Å². The number of fused-ring (bicyclic) bond motifs is 1. The van der Waals surface area contributed by atoms with Crippen molar-refractivity contribution in [2.24, 2.45) is 0 Å². The lowest BCUT2D eigenvalue weighted by Gasteiger charge is -2.28.